The number of nitrogens with two attached hydrogens (primary N) is 1. The van der Waals surface area contributed by atoms with Crippen molar-refractivity contribution in [1.82, 2.24) is 4.90 Å². The first-order valence-electron chi connectivity index (χ1n) is 10.6. The summed E-state index contributed by atoms with van der Waals surface area (Å²) in [6, 6.07) is 15.3. The van der Waals surface area contributed by atoms with Crippen LogP contribution in [0.5, 0.6) is 5.75 Å². The number of aliphatic imine (C=N–C) groups is 1. The number of benzene rings is 2. The summed E-state index contributed by atoms with van der Waals surface area (Å²) in [4.78, 5) is 31.3. The lowest BCUT2D eigenvalue weighted by Crippen LogP contribution is -2.43. The van der Waals surface area contributed by atoms with E-state index >= 15 is 0 Å². The highest BCUT2D eigenvalue weighted by atomic mass is 16.5. The first-order valence-corrected chi connectivity index (χ1v) is 10.6. The van der Waals surface area contributed by atoms with Gasteiger partial charge in [-0.05, 0) is 48.1 Å². The molecule has 0 spiro atoms. The Morgan fingerprint density at radius 1 is 1.10 bits per heavy atom. The first-order chi connectivity index (χ1) is 14.7. The second kappa shape index (κ2) is 9.33. The Morgan fingerprint density at radius 3 is 2.39 bits per heavy atom. The van der Waals surface area contributed by atoms with Crippen molar-refractivity contribution in [2.75, 3.05) is 7.11 Å². The number of carbonyl (C=O) groups excluding carboxylic acids is 2. The molecule has 2 N–H and O–H groups in total. The van der Waals surface area contributed by atoms with Gasteiger partial charge in [0.25, 0.3) is 5.91 Å². The molecule has 0 radical (unpaired) electrons. The fourth-order valence-electron chi connectivity index (χ4n) is 4.08. The SMILES string of the molecule is COc1cccc(CC(=O)Cc2ccc(CN3C(=O)C(C)(CC(C)C)N=C3N)cc2)c1. The zero-order chi connectivity index (χ0) is 22.6. The van der Waals surface area contributed by atoms with Crippen LogP contribution < -0.4 is 10.5 Å². The van der Waals surface area contributed by atoms with Crippen molar-refractivity contribution >= 4 is 17.6 Å². The van der Waals surface area contributed by atoms with E-state index in [9.17, 15) is 9.59 Å². The van der Waals surface area contributed by atoms with Gasteiger partial charge in [-0.2, -0.15) is 0 Å². The standard InChI is InChI=1S/C25H31N3O3/c1-17(2)15-25(3)23(30)28(24(26)27-25)16-19-10-8-18(9-11-19)12-21(29)13-20-6-5-7-22(14-20)31-4/h5-11,14,17H,12-13,15-16H2,1-4H3,(H2,26,27). The van der Waals surface area contributed by atoms with Crippen LogP contribution in [-0.4, -0.2) is 35.2 Å². The van der Waals surface area contributed by atoms with Crippen molar-refractivity contribution in [3.63, 3.8) is 0 Å². The van der Waals surface area contributed by atoms with E-state index in [1.807, 2.05) is 55.5 Å². The number of guanidine groups is 1. The number of rotatable bonds is 9. The number of methoxy groups -OCH3 is 1. The van der Waals surface area contributed by atoms with Gasteiger partial charge in [0.05, 0.1) is 13.7 Å². The Kier molecular flexibility index (Phi) is 6.78. The van der Waals surface area contributed by atoms with Crippen molar-refractivity contribution in [2.24, 2.45) is 16.6 Å². The van der Waals surface area contributed by atoms with Gasteiger partial charge in [0.2, 0.25) is 0 Å². The molecule has 0 aromatic heterocycles. The lowest BCUT2D eigenvalue weighted by Gasteiger charge is -2.23. The van der Waals surface area contributed by atoms with Crippen LogP contribution in [0.2, 0.25) is 0 Å². The van der Waals surface area contributed by atoms with Crippen LogP contribution in [0.25, 0.3) is 0 Å². The van der Waals surface area contributed by atoms with Gasteiger partial charge in [-0.25, -0.2) is 4.99 Å². The number of hydrogen-bond donors (Lipinski definition) is 1. The summed E-state index contributed by atoms with van der Waals surface area (Å²) < 4.78 is 5.21. The number of nitrogens with zero attached hydrogens (tertiary/aromatic N) is 2. The molecule has 0 bridgehead atoms. The second-order valence-corrected chi connectivity index (χ2v) is 8.79. The minimum absolute atomic E-state index is 0.0590. The van der Waals surface area contributed by atoms with Crippen LogP contribution in [0.1, 0.15) is 43.9 Å². The summed E-state index contributed by atoms with van der Waals surface area (Å²) in [7, 11) is 1.61. The predicted octanol–water partition coefficient (Wildman–Crippen LogP) is 3.51. The summed E-state index contributed by atoms with van der Waals surface area (Å²) >= 11 is 0. The van der Waals surface area contributed by atoms with Crippen molar-refractivity contribution in [2.45, 2.75) is 52.1 Å². The van der Waals surface area contributed by atoms with Crippen LogP contribution in [0.4, 0.5) is 0 Å². The maximum Gasteiger partial charge on any atom is 0.257 e. The highest BCUT2D eigenvalue weighted by Crippen LogP contribution is 2.29. The summed E-state index contributed by atoms with van der Waals surface area (Å²) in [6.07, 6.45) is 1.39. The molecule has 0 saturated heterocycles. The molecule has 1 amide bonds. The average Bonchev–Trinajstić information content (AvgIpc) is 2.91. The number of carbonyl (C=O) groups is 2. The minimum Gasteiger partial charge on any atom is -0.497 e. The lowest BCUT2D eigenvalue weighted by atomic mass is 9.91. The quantitative estimate of drug-likeness (QED) is 0.671. The Balaban J connectivity index is 1.59. The zero-order valence-corrected chi connectivity index (χ0v) is 18.7. The first kappa shape index (κ1) is 22.5. The van der Waals surface area contributed by atoms with Crippen LogP contribution >= 0.6 is 0 Å². The van der Waals surface area contributed by atoms with Crippen LogP contribution in [0.15, 0.2) is 53.5 Å². The van der Waals surface area contributed by atoms with Crippen LogP contribution in [0.3, 0.4) is 0 Å². The van der Waals surface area contributed by atoms with Gasteiger partial charge in [0.15, 0.2) is 5.96 Å². The van der Waals surface area contributed by atoms with E-state index in [2.05, 4.69) is 18.8 Å². The molecule has 31 heavy (non-hydrogen) atoms. The zero-order valence-electron chi connectivity index (χ0n) is 18.7. The van der Waals surface area contributed by atoms with Gasteiger partial charge >= 0.3 is 0 Å². The molecule has 6 heteroatoms. The second-order valence-electron chi connectivity index (χ2n) is 8.79. The van der Waals surface area contributed by atoms with E-state index in [1.54, 1.807) is 12.0 Å². The summed E-state index contributed by atoms with van der Waals surface area (Å²) in [5.41, 5.74) is 8.10. The highest BCUT2D eigenvalue weighted by molar-refractivity contribution is 6.06. The fraction of sp³-hybridized carbons (Fsp3) is 0.400. The lowest BCUT2D eigenvalue weighted by molar-refractivity contribution is -0.131. The van der Waals surface area contributed by atoms with E-state index in [0.29, 0.717) is 31.7 Å². The fourth-order valence-corrected chi connectivity index (χ4v) is 4.08. The van der Waals surface area contributed by atoms with Gasteiger partial charge in [-0.3, -0.25) is 14.5 Å². The maximum atomic E-state index is 12.9. The smallest absolute Gasteiger partial charge is 0.257 e. The molecule has 2 aromatic rings. The Morgan fingerprint density at radius 2 is 1.74 bits per heavy atom. The third-order valence-corrected chi connectivity index (χ3v) is 5.45. The Hall–Kier alpha value is -3.15. The molecule has 1 aliphatic heterocycles. The highest BCUT2D eigenvalue weighted by Gasteiger charge is 2.43. The summed E-state index contributed by atoms with van der Waals surface area (Å²) in [6.45, 7) is 6.36. The molecule has 1 aliphatic rings. The third-order valence-electron chi connectivity index (χ3n) is 5.45. The van der Waals surface area contributed by atoms with Gasteiger partial charge in [0.1, 0.15) is 17.1 Å². The molecule has 0 saturated carbocycles. The minimum atomic E-state index is -0.787. The van der Waals surface area contributed by atoms with Crippen molar-refractivity contribution in [3.8, 4) is 5.75 Å². The molecule has 1 atom stereocenters. The van der Waals surface area contributed by atoms with Gasteiger partial charge in [-0.15, -0.1) is 0 Å². The molecule has 0 aliphatic carbocycles. The van der Waals surface area contributed by atoms with Crippen molar-refractivity contribution < 1.29 is 14.3 Å². The van der Waals surface area contributed by atoms with Gasteiger partial charge in [0, 0.05) is 12.8 Å². The number of ether oxygens (including phenoxy) is 1. The maximum absolute atomic E-state index is 12.9. The van der Waals surface area contributed by atoms with Crippen LogP contribution in [-0.2, 0) is 29.0 Å². The molecule has 6 nitrogen and oxygen atoms in total. The van der Waals surface area contributed by atoms with Crippen molar-refractivity contribution in [1.29, 1.82) is 0 Å². The van der Waals surface area contributed by atoms with Crippen LogP contribution in [0, 0.1) is 5.92 Å². The number of amides is 1. The largest absolute Gasteiger partial charge is 0.497 e. The molecular weight excluding hydrogens is 390 g/mol. The topological polar surface area (TPSA) is 85.0 Å². The monoisotopic (exact) mass is 421 g/mol. The van der Waals surface area contributed by atoms with Gasteiger partial charge < -0.3 is 10.5 Å². The summed E-state index contributed by atoms with van der Waals surface area (Å²) in [5, 5.41) is 0. The van der Waals surface area contributed by atoms with E-state index in [1.165, 1.54) is 0 Å². The predicted molar refractivity (Wildman–Crippen MR) is 122 cm³/mol. The molecule has 0 fully saturated rings. The average molecular weight is 422 g/mol. The Bertz CT molecular complexity index is 982. The number of hydrogen-bond acceptors (Lipinski definition) is 5. The van der Waals surface area contributed by atoms with E-state index in [4.69, 9.17) is 10.5 Å². The molecule has 1 unspecified atom stereocenters. The number of Topliss-reactive ketones (excluding diaryl/α,β-unsaturated/α-hetero) is 1. The molecule has 1 heterocycles. The number of ketones is 1. The molecule has 3 rings (SSSR count). The Labute approximate surface area is 184 Å². The molecule has 164 valence electrons. The van der Waals surface area contributed by atoms with E-state index in [0.717, 1.165) is 22.4 Å². The molecular formula is C25H31N3O3. The third kappa shape index (κ3) is 5.51. The molecule has 2 aromatic carbocycles. The summed E-state index contributed by atoms with van der Waals surface area (Å²) in [5.74, 6) is 1.44. The normalized spacial score (nSPS) is 18.4. The van der Waals surface area contributed by atoms with Gasteiger partial charge in [-0.1, -0.05) is 50.2 Å². The van der Waals surface area contributed by atoms with E-state index < -0.39 is 5.54 Å². The van der Waals surface area contributed by atoms with Crippen molar-refractivity contribution in [3.05, 3.63) is 65.2 Å². The van der Waals surface area contributed by atoms with E-state index in [-0.39, 0.29) is 17.6 Å².